The van der Waals surface area contributed by atoms with E-state index in [9.17, 15) is 9.59 Å². The fraction of sp³-hybridized carbons (Fsp3) is 0.345. The molecule has 3 aromatic rings. The maximum absolute atomic E-state index is 13.7. The van der Waals surface area contributed by atoms with E-state index in [1.165, 1.54) is 0 Å². The topological polar surface area (TPSA) is 118 Å². The van der Waals surface area contributed by atoms with Crippen LogP contribution in [0.15, 0.2) is 66.9 Å². The number of likely N-dealkylation sites (tertiary alicyclic amines) is 1. The summed E-state index contributed by atoms with van der Waals surface area (Å²) in [6, 6.07) is 17.9. The van der Waals surface area contributed by atoms with E-state index in [4.69, 9.17) is 27.8 Å². The lowest BCUT2D eigenvalue weighted by atomic mass is 9.93. The molecule has 5 rings (SSSR count). The molecule has 2 aromatic carbocycles. The molecule has 204 valence electrons. The minimum Gasteiger partial charge on any atom is -0.410 e. The third kappa shape index (κ3) is 6.04. The van der Waals surface area contributed by atoms with E-state index in [0.717, 1.165) is 37.3 Å². The van der Waals surface area contributed by atoms with E-state index >= 15 is 0 Å². The van der Waals surface area contributed by atoms with E-state index in [2.05, 4.69) is 9.88 Å². The second-order valence-corrected chi connectivity index (χ2v) is 10.7. The number of nitrogens with two attached hydrogens (primary N) is 2. The lowest BCUT2D eigenvalue weighted by Crippen LogP contribution is -2.45. The van der Waals surface area contributed by atoms with Gasteiger partial charge in [-0.3, -0.25) is 4.79 Å². The third-order valence-electron chi connectivity index (χ3n) is 7.69. The summed E-state index contributed by atoms with van der Waals surface area (Å²) in [5, 5.41) is 0.637. The number of halogens is 1. The molecule has 2 aliphatic rings. The Labute approximate surface area is 233 Å². The van der Waals surface area contributed by atoms with Crippen LogP contribution in [0.1, 0.15) is 24.3 Å². The Morgan fingerprint density at radius 2 is 1.74 bits per heavy atom. The summed E-state index contributed by atoms with van der Waals surface area (Å²) in [5.74, 6) is 1.22. The third-order valence-corrected chi connectivity index (χ3v) is 7.94. The predicted molar refractivity (Wildman–Crippen MR) is 153 cm³/mol. The lowest BCUT2D eigenvalue weighted by molar-refractivity contribution is -0.135. The highest BCUT2D eigenvalue weighted by Crippen LogP contribution is 2.34. The highest BCUT2D eigenvalue weighted by Gasteiger charge is 2.42. The van der Waals surface area contributed by atoms with Crippen LogP contribution in [0, 0.1) is 5.92 Å². The number of hydrogen-bond donors (Lipinski definition) is 2. The largest absolute Gasteiger partial charge is 0.415 e. The van der Waals surface area contributed by atoms with Crippen LogP contribution in [-0.4, -0.2) is 66.1 Å². The summed E-state index contributed by atoms with van der Waals surface area (Å²) in [5.41, 5.74) is 13.8. The SMILES string of the molecule is CN(C(=O)Oc1cccc(N)c1)[C@@H]1CN(C(=O)C2CCN(c3ccc(N)cn3)CC2)C[C@H]1c1ccc(Cl)cc1. The minimum atomic E-state index is -0.497. The van der Waals surface area contributed by atoms with Crippen LogP contribution < -0.4 is 21.1 Å². The van der Waals surface area contributed by atoms with Crippen molar-refractivity contribution in [2.75, 3.05) is 49.6 Å². The maximum Gasteiger partial charge on any atom is 0.415 e. The van der Waals surface area contributed by atoms with Crippen molar-refractivity contribution in [1.82, 2.24) is 14.8 Å². The molecule has 2 amide bonds. The zero-order valence-corrected chi connectivity index (χ0v) is 22.6. The van der Waals surface area contributed by atoms with Gasteiger partial charge in [0, 0.05) is 61.8 Å². The van der Waals surface area contributed by atoms with E-state index in [1.54, 1.807) is 42.4 Å². The fourth-order valence-electron chi connectivity index (χ4n) is 5.48. The number of nitrogens with zero attached hydrogens (tertiary/aromatic N) is 4. The molecule has 0 bridgehead atoms. The Kier molecular flexibility index (Phi) is 7.79. The molecular formula is C29H33ClN6O3. The van der Waals surface area contributed by atoms with E-state index in [1.807, 2.05) is 41.3 Å². The molecule has 4 N–H and O–H groups in total. The summed E-state index contributed by atoms with van der Waals surface area (Å²) < 4.78 is 5.61. The van der Waals surface area contributed by atoms with Gasteiger partial charge in [-0.05, 0) is 54.8 Å². The number of amides is 2. The van der Waals surface area contributed by atoms with Gasteiger partial charge < -0.3 is 30.9 Å². The van der Waals surface area contributed by atoms with Gasteiger partial charge in [0.1, 0.15) is 11.6 Å². The van der Waals surface area contributed by atoms with Crippen LogP contribution in [0.2, 0.25) is 5.02 Å². The van der Waals surface area contributed by atoms with E-state index in [0.29, 0.717) is 35.2 Å². The van der Waals surface area contributed by atoms with Gasteiger partial charge in [0.15, 0.2) is 0 Å². The van der Waals surface area contributed by atoms with Gasteiger partial charge in [0.05, 0.1) is 17.9 Å². The van der Waals surface area contributed by atoms with Crippen molar-refractivity contribution in [1.29, 1.82) is 0 Å². The normalized spacial score (nSPS) is 19.6. The quantitative estimate of drug-likeness (QED) is 0.458. The van der Waals surface area contributed by atoms with Crippen LogP contribution in [0.25, 0.3) is 0 Å². The first-order valence-electron chi connectivity index (χ1n) is 13.1. The molecule has 39 heavy (non-hydrogen) atoms. The van der Waals surface area contributed by atoms with Gasteiger partial charge in [0.2, 0.25) is 5.91 Å². The smallest absolute Gasteiger partial charge is 0.410 e. The second kappa shape index (κ2) is 11.4. The Morgan fingerprint density at radius 3 is 2.41 bits per heavy atom. The Hall–Kier alpha value is -3.98. The molecule has 2 saturated heterocycles. The highest BCUT2D eigenvalue weighted by atomic mass is 35.5. The van der Waals surface area contributed by atoms with Gasteiger partial charge in [-0.1, -0.05) is 29.8 Å². The molecule has 2 fully saturated rings. The van der Waals surface area contributed by atoms with Gasteiger partial charge in [-0.25, -0.2) is 9.78 Å². The molecule has 0 aliphatic carbocycles. The number of benzene rings is 2. The predicted octanol–water partition coefficient (Wildman–Crippen LogP) is 4.24. The van der Waals surface area contributed by atoms with E-state index < -0.39 is 6.09 Å². The molecule has 2 atom stereocenters. The number of carbonyl (C=O) groups is 2. The second-order valence-electron chi connectivity index (χ2n) is 10.2. The molecule has 0 saturated carbocycles. The van der Waals surface area contributed by atoms with Crippen molar-refractivity contribution in [3.8, 4) is 5.75 Å². The van der Waals surface area contributed by atoms with E-state index in [-0.39, 0.29) is 23.8 Å². The molecule has 2 aliphatic heterocycles. The number of nitrogen functional groups attached to an aromatic ring is 2. The summed E-state index contributed by atoms with van der Waals surface area (Å²) in [7, 11) is 1.72. The van der Waals surface area contributed by atoms with Crippen LogP contribution >= 0.6 is 11.6 Å². The number of anilines is 3. The first kappa shape index (κ1) is 26.6. The summed E-state index contributed by atoms with van der Waals surface area (Å²) in [4.78, 5) is 36.9. The average Bonchev–Trinajstić information content (AvgIpc) is 3.38. The van der Waals surface area contributed by atoms with Gasteiger partial charge in [-0.15, -0.1) is 0 Å². The maximum atomic E-state index is 13.7. The average molecular weight is 549 g/mol. The molecule has 0 unspecified atom stereocenters. The molecule has 9 nitrogen and oxygen atoms in total. The zero-order valence-electron chi connectivity index (χ0n) is 21.9. The van der Waals surface area contributed by atoms with Crippen molar-refractivity contribution >= 4 is 40.8 Å². The number of piperidine rings is 1. The van der Waals surface area contributed by atoms with Crippen LogP contribution in [0.3, 0.4) is 0 Å². The number of aromatic nitrogens is 1. The van der Waals surface area contributed by atoms with Crippen molar-refractivity contribution in [2.24, 2.45) is 5.92 Å². The Balaban J connectivity index is 1.28. The Morgan fingerprint density at radius 1 is 1.00 bits per heavy atom. The summed E-state index contributed by atoms with van der Waals surface area (Å²) >= 11 is 6.14. The van der Waals surface area contributed by atoms with Gasteiger partial charge in [0.25, 0.3) is 0 Å². The van der Waals surface area contributed by atoms with Gasteiger partial charge in [-0.2, -0.15) is 0 Å². The molecule has 3 heterocycles. The zero-order chi connectivity index (χ0) is 27.5. The highest BCUT2D eigenvalue weighted by molar-refractivity contribution is 6.30. The monoisotopic (exact) mass is 548 g/mol. The van der Waals surface area contributed by atoms with Crippen molar-refractivity contribution in [2.45, 2.75) is 24.8 Å². The molecular weight excluding hydrogens is 516 g/mol. The Bertz CT molecular complexity index is 1310. The molecule has 1 aromatic heterocycles. The van der Waals surface area contributed by atoms with Gasteiger partial charge >= 0.3 is 6.09 Å². The lowest BCUT2D eigenvalue weighted by Gasteiger charge is -2.34. The number of hydrogen-bond acceptors (Lipinski definition) is 7. The number of ether oxygens (including phenoxy) is 1. The number of carbonyl (C=O) groups excluding carboxylic acids is 2. The van der Waals surface area contributed by atoms with Crippen molar-refractivity contribution < 1.29 is 14.3 Å². The number of likely N-dealkylation sites (N-methyl/N-ethyl adjacent to an activating group) is 1. The van der Waals surface area contributed by atoms with Crippen molar-refractivity contribution in [3.05, 3.63) is 77.4 Å². The first-order chi connectivity index (χ1) is 18.8. The van der Waals surface area contributed by atoms with Crippen LogP contribution in [0.5, 0.6) is 5.75 Å². The minimum absolute atomic E-state index is 0.0794. The van der Waals surface area contributed by atoms with Crippen molar-refractivity contribution in [3.63, 3.8) is 0 Å². The standard InChI is InChI=1S/C29H33ClN6O3/c1-34(29(38)39-24-4-2-3-22(31)15-24)26-18-36(17-25(26)19-5-7-21(30)8-6-19)28(37)20-11-13-35(14-12-20)27-10-9-23(32)16-33-27/h2-10,15-16,20,25-26H,11-14,17-18,31-32H2,1H3/t25-,26+/m0/s1. The molecule has 10 heteroatoms. The summed E-state index contributed by atoms with van der Waals surface area (Å²) in [6.07, 6.45) is 2.64. The van der Waals surface area contributed by atoms with Crippen LogP contribution in [-0.2, 0) is 4.79 Å². The number of pyridine rings is 1. The summed E-state index contributed by atoms with van der Waals surface area (Å²) in [6.45, 7) is 2.43. The first-order valence-corrected chi connectivity index (χ1v) is 13.5. The fourth-order valence-corrected chi connectivity index (χ4v) is 5.61. The molecule has 0 spiro atoms. The van der Waals surface area contributed by atoms with Crippen LogP contribution in [0.4, 0.5) is 22.0 Å². The molecule has 0 radical (unpaired) electrons. The number of rotatable bonds is 5.